The van der Waals surface area contributed by atoms with Crippen molar-refractivity contribution in [2.45, 2.75) is 38.5 Å². The van der Waals surface area contributed by atoms with E-state index in [-0.39, 0.29) is 36.8 Å². The van der Waals surface area contributed by atoms with Crippen LogP contribution in [-0.2, 0) is 6.54 Å². The molecule has 8 heteroatoms. The van der Waals surface area contributed by atoms with Crippen LogP contribution in [0.4, 0.5) is 0 Å². The molecule has 0 spiro atoms. The molecule has 2 aliphatic rings. The minimum absolute atomic E-state index is 0. The monoisotopic (exact) mass is 379 g/mol. The molecule has 1 aromatic heterocycles. The highest BCUT2D eigenvalue weighted by atomic mass is 35.5. The zero-order valence-corrected chi connectivity index (χ0v) is 15.5. The van der Waals surface area contributed by atoms with Gasteiger partial charge in [-0.3, -0.25) is 9.69 Å². The first-order valence-electron chi connectivity index (χ1n) is 8.12. The molecule has 2 fully saturated rings. The van der Waals surface area contributed by atoms with E-state index in [0.717, 1.165) is 31.3 Å². The third kappa shape index (κ3) is 5.36. The van der Waals surface area contributed by atoms with Gasteiger partial charge in [-0.1, -0.05) is 6.92 Å². The maximum atomic E-state index is 12.1. The van der Waals surface area contributed by atoms with Gasteiger partial charge < -0.3 is 20.2 Å². The van der Waals surface area contributed by atoms with Crippen LogP contribution in [0.15, 0.2) is 16.5 Å². The highest BCUT2D eigenvalue weighted by Gasteiger charge is 2.27. The number of carbonyl (C=O) groups is 1. The van der Waals surface area contributed by atoms with Gasteiger partial charge in [-0.25, -0.2) is 0 Å². The van der Waals surface area contributed by atoms with Gasteiger partial charge in [-0.05, 0) is 44.0 Å². The first-order valence-corrected chi connectivity index (χ1v) is 8.12. The van der Waals surface area contributed by atoms with E-state index in [0.29, 0.717) is 18.8 Å². The van der Waals surface area contributed by atoms with E-state index in [1.165, 1.54) is 12.8 Å². The predicted molar refractivity (Wildman–Crippen MR) is 97.0 cm³/mol. The average molecular weight is 380 g/mol. The Morgan fingerprint density at radius 3 is 2.67 bits per heavy atom. The number of furan rings is 1. The van der Waals surface area contributed by atoms with E-state index in [4.69, 9.17) is 4.42 Å². The summed E-state index contributed by atoms with van der Waals surface area (Å²) in [5.41, 5.74) is 0. The Kier molecular flexibility index (Phi) is 8.53. The molecule has 0 radical (unpaired) electrons. The molecule has 0 saturated carbocycles. The lowest BCUT2D eigenvalue weighted by molar-refractivity contribution is 0.0856. The first kappa shape index (κ1) is 21.3. The fourth-order valence-electron chi connectivity index (χ4n) is 3.08. The van der Waals surface area contributed by atoms with Crippen molar-refractivity contribution in [3.63, 3.8) is 0 Å². The highest BCUT2D eigenvalue weighted by Crippen LogP contribution is 2.19. The minimum atomic E-state index is -0.534. The molecule has 6 nitrogen and oxygen atoms in total. The molecule has 1 amide bonds. The van der Waals surface area contributed by atoms with Crippen LogP contribution < -0.4 is 10.6 Å². The summed E-state index contributed by atoms with van der Waals surface area (Å²) in [4.78, 5) is 14.5. The second-order valence-corrected chi connectivity index (χ2v) is 6.53. The van der Waals surface area contributed by atoms with Gasteiger partial charge in [0.15, 0.2) is 5.76 Å². The van der Waals surface area contributed by atoms with Crippen LogP contribution in [0, 0.1) is 5.92 Å². The number of nitrogens with one attached hydrogen (secondary N) is 2. The zero-order chi connectivity index (χ0) is 15.5. The summed E-state index contributed by atoms with van der Waals surface area (Å²) in [7, 11) is 0. The third-order valence-corrected chi connectivity index (χ3v) is 4.64. The fourth-order valence-corrected chi connectivity index (χ4v) is 3.08. The standard InChI is InChI=1S/C16H25N3O3.2ClH/c1-11-4-6-19(7-5-11)10-12-2-3-15(22-12)16(21)18-13-8-17-9-14(13)20;;/h2-3,11,13-14,17,20H,4-10H2,1H3,(H,18,21);2*1H/t13-,14-;;/m1../s1. The van der Waals surface area contributed by atoms with Gasteiger partial charge in [0.1, 0.15) is 5.76 Å². The fraction of sp³-hybridized carbons (Fsp3) is 0.688. The van der Waals surface area contributed by atoms with Crippen molar-refractivity contribution < 1.29 is 14.3 Å². The Morgan fingerprint density at radius 2 is 2.04 bits per heavy atom. The van der Waals surface area contributed by atoms with Gasteiger partial charge in [0.25, 0.3) is 5.91 Å². The number of aliphatic hydroxyl groups excluding tert-OH is 1. The van der Waals surface area contributed by atoms with Crippen LogP contribution in [0.3, 0.4) is 0 Å². The largest absolute Gasteiger partial charge is 0.455 e. The summed E-state index contributed by atoms with van der Waals surface area (Å²) in [5.74, 6) is 1.69. The SMILES string of the molecule is CC1CCN(Cc2ccc(C(=O)N[C@@H]3CNC[C@H]3O)o2)CC1.Cl.Cl. The van der Waals surface area contributed by atoms with Crippen LogP contribution in [0.25, 0.3) is 0 Å². The van der Waals surface area contributed by atoms with Crippen LogP contribution in [0.1, 0.15) is 36.1 Å². The number of likely N-dealkylation sites (tertiary alicyclic amines) is 1. The van der Waals surface area contributed by atoms with Gasteiger partial charge in [-0.2, -0.15) is 0 Å². The maximum absolute atomic E-state index is 12.1. The number of hydrogen-bond donors (Lipinski definition) is 3. The van der Waals surface area contributed by atoms with Gasteiger partial charge in [0.2, 0.25) is 0 Å². The van der Waals surface area contributed by atoms with Crippen molar-refractivity contribution in [2.24, 2.45) is 5.92 Å². The number of rotatable bonds is 4. The molecule has 0 aliphatic carbocycles. The summed E-state index contributed by atoms with van der Waals surface area (Å²) >= 11 is 0. The Morgan fingerprint density at radius 1 is 1.33 bits per heavy atom. The first-order chi connectivity index (χ1) is 10.6. The molecular formula is C16H27Cl2N3O3. The second-order valence-electron chi connectivity index (χ2n) is 6.53. The van der Waals surface area contributed by atoms with Crippen LogP contribution in [0.5, 0.6) is 0 Å². The summed E-state index contributed by atoms with van der Waals surface area (Å²) in [6.07, 6.45) is 1.91. The van der Waals surface area contributed by atoms with E-state index in [1.807, 2.05) is 6.07 Å². The normalized spacial score (nSPS) is 24.9. The summed E-state index contributed by atoms with van der Waals surface area (Å²) in [5, 5.41) is 15.6. The number of amides is 1. The van der Waals surface area contributed by atoms with Crippen LogP contribution >= 0.6 is 24.8 Å². The Hall–Kier alpha value is -0.790. The summed E-state index contributed by atoms with van der Waals surface area (Å²) in [6, 6.07) is 3.34. The molecule has 3 N–H and O–H groups in total. The molecule has 2 saturated heterocycles. The number of piperidine rings is 1. The van der Waals surface area contributed by atoms with Crippen molar-refractivity contribution in [3.05, 3.63) is 23.7 Å². The van der Waals surface area contributed by atoms with Gasteiger partial charge >= 0.3 is 0 Å². The molecule has 0 aromatic carbocycles. The van der Waals surface area contributed by atoms with Gasteiger partial charge in [0.05, 0.1) is 18.7 Å². The van der Waals surface area contributed by atoms with E-state index >= 15 is 0 Å². The van der Waals surface area contributed by atoms with Crippen molar-refractivity contribution in [1.82, 2.24) is 15.5 Å². The van der Waals surface area contributed by atoms with Crippen LogP contribution in [-0.4, -0.2) is 54.2 Å². The van der Waals surface area contributed by atoms with Crippen molar-refractivity contribution in [3.8, 4) is 0 Å². The molecule has 138 valence electrons. The van der Waals surface area contributed by atoms with Crippen molar-refractivity contribution in [1.29, 1.82) is 0 Å². The number of halogens is 2. The number of aliphatic hydroxyl groups is 1. The second kappa shape index (κ2) is 9.63. The number of nitrogens with zero attached hydrogens (tertiary/aromatic N) is 1. The van der Waals surface area contributed by atoms with Crippen molar-refractivity contribution >= 4 is 30.7 Å². The third-order valence-electron chi connectivity index (χ3n) is 4.64. The smallest absolute Gasteiger partial charge is 0.287 e. The van der Waals surface area contributed by atoms with Gasteiger partial charge in [0, 0.05) is 13.1 Å². The average Bonchev–Trinajstić information content (AvgIpc) is 3.12. The summed E-state index contributed by atoms with van der Waals surface area (Å²) < 4.78 is 5.66. The maximum Gasteiger partial charge on any atom is 0.287 e. The lowest BCUT2D eigenvalue weighted by Crippen LogP contribution is -2.42. The molecule has 2 aliphatic heterocycles. The van der Waals surface area contributed by atoms with Crippen molar-refractivity contribution in [2.75, 3.05) is 26.2 Å². The molecule has 2 atom stereocenters. The van der Waals surface area contributed by atoms with E-state index in [1.54, 1.807) is 6.07 Å². The molecule has 1 aromatic rings. The Balaban J connectivity index is 0.00000144. The van der Waals surface area contributed by atoms with E-state index in [2.05, 4.69) is 22.5 Å². The minimum Gasteiger partial charge on any atom is -0.455 e. The number of β-amino-alcohol motifs (C(OH)–C–C–N with tert-alkyl or cyclic N) is 1. The lowest BCUT2D eigenvalue weighted by atomic mass is 9.99. The molecule has 0 unspecified atom stereocenters. The Bertz CT molecular complexity index is 518. The lowest BCUT2D eigenvalue weighted by Gasteiger charge is -2.29. The molecule has 0 bridgehead atoms. The highest BCUT2D eigenvalue weighted by molar-refractivity contribution is 5.91. The predicted octanol–water partition coefficient (Wildman–Crippen LogP) is 1.42. The van der Waals surface area contributed by atoms with E-state index < -0.39 is 6.10 Å². The van der Waals surface area contributed by atoms with Crippen LogP contribution in [0.2, 0.25) is 0 Å². The topological polar surface area (TPSA) is 77.7 Å². The zero-order valence-electron chi connectivity index (χ0n) is 13.9. The molecule has 3 rings (SSSR count). The Labute approximate surface area is 155 Å². The number of hydrogen-bond acceptors (Lipinski definition) is 5. The van der Waals surface area contributed by atoms with E-state index in [9.17, 15) is 9.90 Å². The quantitative estimate of drug-likeness (QED) is 0.737. The molecular weight excluding hydrogens is 353 g/mol. The van der Waals surface area contributed by atoms with Gasteiger partial charge in [-0.15, -0.1) is 24.8 Å². The summed E-state index contributed by atoms with van der Waals surface area (Å²) in [6.45, 7) is 6.33. The molecule has 3 heterocycles. The molecule has 24 heavy (non-hydrogen) atoms. The number of carbonyl (C=O) groups excluding carboxylic acids is 1.